The largest absolute Gasteiger partial charge is 0.269 e. The Morgan fingerprint density at radius 3 is 2.56 bits per heavy atom. The maximum Gasteiger partial charge on any atom is 0.269 e. The van der Waals surface area contributed by atoms with Crippen molar-refractivity contribution >= 4 is 5.69 Å². The van der Waals surface area contributed by atoms with E-state index < -0.39 is 10.3 Å². The molecule has 1 spiro atoms. The van der Waals surface area contributed by atoms with Gasteiger partial charge in [-0.2, -0.15) is 5.26 Å². The molecular weight excluding hydrogens is 228 g/mol. The molecule has 2 fully saturated rings. The van der Waals surface area contributed by atoms with Gasteiger partial charge in [0.15, 0.2) is 0 Å². The van der Waals surface area contributed by atoms with Crippen molar-refractivity contribution in [3.8, 4) is 6.07 Å². The summed E-state index contributed by atoms with van der Waals surface area (Å²) in [5.41, 5.74) is 0.792. The molecule has 18 heavy (non-hydrogen) atoms. The lowest BCUT2D eigenvalue weighted by atomic mass is 9.44. The van der Waals surface area contributed by atoms with Gasteiger partial charge in [-0.05, 0) is 36.7 Å². The molecule has 2 aliphatic carbocycles. The summed E-state index contributed by atoms with van der Waals surface area (Å²) in [4.78, 5) is 10.4. The summed E-state index contributed by atoms with van der Waals surface area (Å²) in [6.45, 7) is 0. The van der Waals surface area contributed by atoms with Crippen molar-refractivity contribution in [2.24, 2.45) is 5.41 Å². The Bertz CT molecular complexity index is 547. The van der Waals surface area contributed by atoms with Gasteiger partial charge in [0.2, 0.25) is 0 Å². The highest BCUT2D eigenvalue weighted by molar-refractivity contribution is 5.44. The number of rotatable bonds is 2. The molecule has 1 aromatic rings. The van der Waals surface area contributed by atoms with Crippen LogP contribution in [0.1, 0.15) is 37.7 Å². The average Bonchev–Trinajstić information content (AvgIpc) is 2.27. The normalized spacial score (nSPS) is 22.6. The third kappa shape index (κ3) is 1.43. The fourth-order valence-electron chi connectivity index (χ4n) is 3.52. The molecule has 0 N–H and O–H groups in total. The monoisotopic (exact) mass is 242 g/mol. The van der Waals surface area contributed by atoms with Gasteiger partial charge in [-0.25, -0.2) is 0 Å². The van der Waals surface area contributed by atoms with Crippen LogP contribution in [0.2, 0.25) is 0 Å². The van der Waals surface area contributed by atoms with E-state index in [0.717, 1.165) is 18.4 Å². The zero-order valence-electron chi connectivity index (χ0n) is 10.1. The predicted octanol–water partition coefficient (Wildman–Crippen LogP) is 3.32. The highest BCUT2D eigenvalue weighted by atomic mass is 16.6. The lowest BCUT2D eigenvalue weighted by molar-refractivity contribution is -0.385. The predicted molar refractivity (Wildman–Crippen MR) is 65.9 cm³/mol. The van der Waals surface area contributed by atoms with Crippen LogP contribution in [0.5, 0.6) is 0 Å². The number of nitro groups is 1. The van der Waals surface area contributed by atoms with Crippen molar-refractivity contribution in [3.63, 3.8) is 0 Å². The van der Waals surface area contributed by atoms with E-state index in [-0.39, 0.29) is 5.69 Å². The molecule has 0 radical (unpaired) electrons. The van der Waals surface area contributed by atoms with Crippen LogP contribution in [-0.4, -0.2) is 4.92 Å². The molecule has 3 rings (SSSR count). The highest BCUT2D eigenvalue weighted by Crippen LogP contribution is 2.64. The standard InChI is InChI=1S/C14H14N2O2/c15-10-14(8-13(9-14)5-2-6-13)11-3-1-4-12(7-11)16(17)18/h1,3-4,7H,2,5-6,8-9H2. The van der Waals surface area contributed by atoms with E-state index in [2.05, 4.69) is 6.07 Å². The van der Waals surface area contributed by atoms with Crippen LogP contribution < -0.4 is 0 Å². The highest BCUT2D eigenvalue weighted by Gasteiger charge is 2.58. The number of benzene rings is 1. The van der Waals surface area contributed by atoms with Gasteiger partial charge in [-0.1, -0.05) is 18.6 Å². The van der Waals surface area contributed by atoms with E-state index in [9.17, 15) is 15.4 Å². The first-order valence-corrected chi connectivity index (χ1v) is 6.26. The van der Waals surface area contributed by atoms with E-state index >= 15 is 0 Å². The maximum absolute atomic E-state index is 10.8. The number of nitro benzene ring substituents is 1. The van der Waals surface area contributed by atoms with E-state index in [4.69, 9.17) is 0 Å². The van der Waals surface area contributed by atoms with Crippen molar-refractivity contribution < 1.29 is 4.92 Å². The molecule has 0 saturated heterocycles. The minimum Gasteiger partial charge on any atom is -0.258 e. The average molecular weight is 242 g/mol. The van der Waals surface area contributed by atoms with E-state index in [1.165, 1.54) is 25.3 Å². The maximum atomic E-state index is 10.8. The second-order valence-corrected chi connectivity index (χ2v) is 5.71. The summed E-state index contributed by atoms with van der Waals surface area (Å²) in [5.74, 6) is 0. The van der Waals surface area contributed by atoms with Gasteiger partial charge >= 0.3 is 0 Å². The first kappa shape index (κ1) is 11.2. The molecular formula is C14H14N2O2. The third-order valence-electron chi connectivity index (χ3n) is 4.59. The van der Waals surface area contributed by atoms with E-state index in [1.807, 2.05) is 6.07 Å². The third-order valence-corrected chi connectivity index (χ3v) is 4.59. The number of hydrogen-bond acceptors (Lipinski definition) is 3. The lowest BCUT2D eigenvalue weighted by Crippen LogP contribution is -2.52. The van der Waals surface area contributed by atoms with Crippen LogP contribution in [0.4, 0.5) is 5.69 Å². The summed E-state index contributed by atoms with van der Waals surface area (Å²) in [5, 5.41) is 20.2. The Morgan fingerprint density at radius 1 is 1.33 bits per heavy atom. The fraction of sp³-hybridized carbons (Fsp3) is 0.500. The lowest BCUT2D eigenvalue weighted by Gasteiger charge is -2.58. The van der Waals surface area contributed by atoms with Gasteiger partial charge in [-0.3, -0.25) is 10.1 Å². The Balaban J connectivity index is 1.92. The van der Waals surface area contributed by atoms with Crippen molar-refractivity contribution in [1.82, 2.24) is 0 Å². The molecule has 1 aromatic carbocycles. The SMILES string of the molecule is N#CC1(c2cccc([N+](=O)[O-])c2)CC2(CCC2)C1. The summed E-state index contributed by atoms with van der Waals surface area (Å²) in [6.07, 6.45) is 5.43. The van der Waals surface area contributed by atoms with Gasteiger partial charge in [0.25, 0.3) is 5.69 Å². The minimum atomic E-state index is -0.480. The van der Waals surface area contributed by atoms with Crippen LogP contribution in [0.25, 0.3) is 0 Å². The van der Waals surface area contributed by atoms with Crippen LogP contribution in [0.15, 0.2) is 24.3 Å². The fourth-order valence-corrected chi connectivity index (χ4v) is 3.52. The van der Waals surface area contributed by atoms with Crippen molar-refractivity contribution in [2.75, 3.05) is 0 Å². The second-order valence-electron chi connectivity index (χ2n) is 5.71. The first-order valence-electron chi connectivity index (χ1n) is 6.26. The van der Waals surface area contributed by atoms with Gasteiger partial charge in [0, 0.05) is 12.1 Å². The van der Waals surface area contributed by atoms with Gasteiger partial charge in [0.1, 0.15) is 0 Å². The van der Waals surface area contributed by atoms with E-state index in [1.54, 1.807) is 12.1 Å². The molecule has 0 bridgehead atoms. The van der Waals surface area contributed by atoms with Crippen molar-refractivity contribution in [3.05, 3.63) is 39.9 Å². The summed E-state index contributed by atoms with van der Waals surface area (Å²) < 4.78 is 0. The molecule has 92 valence electrons. The molecule has 0 heterocycles. The zero-order chi connectivity index (χ0) is 12.8. The first-order chi connectivity index (χ1) is 8.59. The number of non-ortho nitro benzene ring substituents is 1. The molecule has 0 aliphatic heterocycles. The molecule has 4 nitrogen and oxygen atoms in total. The zero-order valence-corrected chi connectivity index (χ0v) is 10.1. The summed E-state index contributed by atoms with van der Waals surface area (Å²) >= 11 is 0. The molecule has 0 atom stereocenters. The minimum absolute atomic E-state index is 0.0803. The van der Waals surface area contributed by atoms with Crippen LogP contribution in [0, 0.1) is 26.9 Å². The van der Waals surface area contributed by atoms with Crippen LogP contribution in [0.3, 0.4) is 0 Å². The number of hydrogen-bond donors (Lipinski definition) is 0. The Labute approximate surface area is 105 Å². The molecule has 2 saturated carbocycles. The van der Waals surface area contributed by atoms with Crippen molar-refractivity contribution in [1.29, 1.82) is 5.26 Å². The summed E-state index contributed by atoms with van der Waals surface area (Å²) in [6, 6.07) is 8.97. The topological polar surface area (TPSA) is 66.9 Å². The van der Waals surface area contributed by atoms with Gasteiger partial charge in [0.05, 0.1) is 16.4 Å². The molecule has 0 amide bonds. The molecule has 0 unspecified atom stereocenters. The quantitative estimate of drug-likeness (QED) is 0.590. The summed E-state index contributed by atoms with van der Waals surface area (Å²) in [7, 11) is 0. The van der Waals surface area contributed by atoms with Gasteiger partial charge < -0.3 is 0 Å². The Morgan fingerprint density at radius 2 is 2.06 bits per heavy atom. The van der Waals surface area contributed by atoms with E-state index in [0.29, 0.717) is 5.41 Å². The molecule has 4 heteroatoms. The van der Waals surface area contributed by atoms with Crippen LogP contribution >= 0.6 is 0 Å². The smallest absolute Gasteiger partial charge is 0.258 e. The molecule has 0 aromatic heterocycles. The van der Waals surface area contributed by atoms with Gasteiger partial charge in [-0.15, -0.1) is 0 Å². The Kier molecular flexibility index (Phi) is 2.21. The van der Waals surface area contributed by atoms with Crippen molar-refractivity contribution in [2.45, 2.75) is 37.5 Å². The molecule has 2 aliphatic rings. The number of nitrogens with zero attached hydrogens (tertiary/aromatic N) is 2. The number of nitriles is 1. The second kappa shape index (κ2) is 3.55. The Hall–Kier alpha value is -1.89. The van der Waals surface area contributed by atoms with Crippen LogP contribution in [-0.2, 0) is 5.41 Å².